The molecule has 2 amide bonds. The van der Waals surface area contributed by atoms with Crippen molar-refractivity contribution in [3.05, 3.63) is 29.8 Å². The van der Waals surface area contributed by atoms with E-state index >= 15 is 0 Å². The van der Waals surface area contributed by atoms with E-state index in [1.54, 1.807) is 0 Å². The van der Waals surface area contributed by atoms with Crippen LogP contribution in [0.5, 0.6) is 5.75 Å². The first-order valence-corrected chi connectivity index (χ1v) is 10.2. The Morgan fingerprint density at radius 3 is 2.43 bits per heavy atom. The van der Waals surface area contributed by atoms with Gasteiger partial charge in [-0.1, -0.05) is 12.1 Å². The molecule has 6 heteroatoms. The van der Waals surface area contributed by atoms with Crippen LogP contribution in [0.15, 0.2) is 24.3 Å². The second-order valence-corrected chi connectivity index (χ2v) is 9.12. The predicted molar refractivity (Wildman–Crippen MR) is 109 cm³/mol. The molecule has 0 aromatic heterocycles. The van der Waals surface area contributed by atoms with Crippen LogP contribution in [0.3, 0.4) is 0 Å². The van der Waals surface area contributed by atoms with Gasteiger partial charge in [0, 0.05) is 25.7 Å². The lowest BCUT2D eigenvalue weighted by atomic mass is 9.85. The molecule has 2 fully saturated rings. The Balaban J connectivity index is 1.58. The van der Waals surface area contributed by atoms with Gasteiger partial charge in [0.2, 0.25) is 5.91 Å². The fourth-order valence-electron chi connectivity index (χ4n) is 4.38. The number of nitrogens with zero attached hydrogens (tertiary/aromatic N) is 2. The Kier molecular flexibility index (Phi) is 5.98. The summed E-state index contributed by atoms with van der Waals surface area (Å²) in [5, 5.41) is 2.88. The van der Waals surface area contributed by atoms with E-state index in [1.165, 1.54) is 0 Å². The molecule has 2 aliphatic heterocycles. The number of likely N-dealkylation sites (N-methyl/N-ethyl adjacent to an activating group) is 1. The van der Waals surface area contributed by atoms with E-state index in [9.17, 15) is 9.59 Å². The minimum absolute atomic E-state index is 0.00664. The molecule has 0 bridgehead atoms. The average Bonchev–Trinajstić information content (AvgIpc) is 3.01. The summed E-state index contributed by atoms with van der Waals surface area (Å²) < 4.78 is 5.59. The highest BCUT2D eigenvalue weighted by Gasteiger charge is 2.49. The number of benzene rings is 1. The fourth-order valence-corrected chi connectivity index (χ4v) is 4.38. The number of rotatable bonds is 5. The lowest BCUT2D eigenvalue weighted by Gasteiger charge is -2.43. The monoisotopic (exact) mass is 387 g/mol. The molecule has 1 atom stereocenters. The second kappa shape index (κ2) is 8.11. The molecule has 2 saturated heterocycles. The maximum Gasteiger partial charge on any atom is 0.258 e. The number of amides is 2. The van der Waals surface area contributed by atoms with Crippen molar-refractivity contribution in [3.8, 4) is 5.75 Å². The fraction of sp³-hybridized carbons (Fsp3) is 0.636. The van der Waals surface area contributed by atoms with Gasteiger partial charge in [-0.2, -0.15) is 0 Å². The van der Waals surface area contributed by atoms with Crippen LogP contribution in [-0.2, 0) is 16.1 Å². The first-order valence-electron chi connectivity index (χ1n) is 10.2. The molecule has 1 aromatic rings. The van der Waals surface area contributed by atoms with E-state index in [0.29, 0.717) is 5.75 Å². The van der Waals surface area contributed by atoms with Crippen LogP contribution in [0, 0.1) is 0 Å². The van der Waals surface area contributed by atoms with E-state index in [-0.39, 0.29) is 29.5 Å². The van der Waals surface area contributed by atoms with E-state index < -0.39 is 0 Å². The first kappa shape index (κ1) is 20.6. The average molecular weight is 388 g/mol. The Morgan fingerprint density at radius 1 is 1.14 bits per heavy atom. The summed E-state index contributed by atoms with van der Waals surface area (Å²) in [4.78, 5) is 29.0. The number of nitrogens with one attached hydrogen (secondary N) is 1. The van der Waals surface area contributed by atoms with E-state index in [4.69, 9.17) is 4.74 Å². The van der Waals surface area contributed by atoms with Crippen molar-refractivity contribution in [2.45, 2.75) is 64.1 Å². The zero-order valence-corrected chi connectivity index (χ0v) is 17.6. The van der Waals surface area contributed by atoms with Crippen molar-refractivity contribution >= 4 is 11.8 Å². The molecule has 154 valence electrons. The Bertz CT molecular complexity index is 711. The smallest absolute Gasteiger partial charge is 0.258 e. The first-order chi connectivity index (χ1) is 13.2. The topological polar surface area (TPSA) is 61.9 Å². The van der Waals surface area contributed by atoms with Crippen molar-refractivity contribution < 1.29 is 14.3 Å². The summed E-state index contributed by atoms with van der Waals surface area (Å²) >= 11 is 0. The number of piperidine rings is 1. The van der Waals surface area contributed by atoms with Gasteiger partial charge in [-0.3, -0.25) is 14.5 Å². The standard InChI is InChI=1S/C22H33N3O3/c1-21(2,3)23-19(26)16-28-18-9-7-17(8-10-18)15-25-14-6-12-22(25)11-5-13-24(4)20(22)27/h7-10H,5-6,11-16H2,1-4H3,(H,23,26). The van der Waals surface area contributed by atoms with Gasteiger partial charge in [0.1, 0.15) is 11.3 Å². The van der Waals surface area contributed by atoms with Crippen molar-refractivity contribution in [2.24, 2.45) is 0 Å². The summed E-state index contributed by atoms with van der Waals surface area (Å²) in [6.07, 6.45) is 4.06. The number of hydrogen-bond donors (Lipinski definition) is 1. The third-order valence-corrected chi connectivity index (χ3v) is 5.63. The Labute approximate surface area is 168 Å². The molecule has 1 spiro atoms. The molecular formula is C22H33N3O3. The maximum absolute atomic E-state index is 12.9. The lowest BCUT2D eigenvalue weighted by Crippen LogP contribution is -2.58. The molecule has 1 aromatic carbocycles. The Morgan fingerprint density at radius 2 is 1.79 bits per heavy atom. The minimum Gasteiger partial charge on any atom is -0.484 e. The minimum atomic E-state index is -0.312. The van der Waals surface area contributed by atoms with E-state index in [1.807, 2.05) is 57.0 Å². The van der Waals surface area contributed by atoms with Crippen molar-refractivity contribution in [3.63, 3.8) is 0 Å². The lowest BCUT2D eigenvalue weighted by molar-refractivity contribution is -0.146. The van der Waals surface area contributed by atoms with Crippen LogP contribution < -0.4 is 10.1 Å². The number of carbonyl (C=O) groups is 2. The summed E-state index contributed by atoms with van der Waals surface area (Å²) in [5.74, 6) is 0.828. The zero-order valence-electron chi connectivity index (χ0n) is 17.6. The van der Waals surface area contributed by atoms with Crippen LogP contribution in [-0.4, -0.2) is 59.4 Å². The van der Waals surface area contributed by atoms with E-state index in [0.717, 1.165) is 50.9 Å². The van der Waals surface area contributed by atoms with Crippen LogP contribution >= 0.6 is 0 Å². The molecule has 0 radical (unpaired) electrons. The summed E-state index contributed by atoms with van der Waals surface area (Å²) in [7, 11) is 1.92. The largest absolute Gasteiger partial charge is 0.484 e. The third kappa shape index (κ3) is 4.66. The molecule has 0 aliphatic carbocycles. The van der Waals surface area contributed by atoms with Crippen LogP contribution in [0.1, 0.15) is 52.0 Å². The van der Waals surface area contributed by atoms with Gasteiger partial charge >= 0.3 is 0 Å². The third-order valence-electron chi connectivity index (χ3n) is 5.63. The summed E-state index contributed by atoms with van der Waals surface area (Å²) in [5.41, 5.74) is 0.585. The highest BCUT2D eigenvalue weighted by molar-refractivity contribution is 5.87. The SMILES string of the molecule is CN1CCCC2(CCCN2Cc2ccc(OCC(=O)NC(C)(C)C)cc2)C1=O. The van der Waals surface area contributed by atoms with Crippen LogP contribution in [0.4, 0.5) is 0 Å². The van der Waals surface area contributed by atoms with Gasteiger partial charge in [-0.25, -0.2) is 0 Å². The van der Waals surface area contributed by atoms with Gasteiger partial charge in [0.05, 0.1) is 0 Å². The van der Waals surface area contributed by atoms with Crippen LogP contribution in [0.2, 0.25) is 0 Å². The van der Waals surface area contributed by atoms with Gasteiger partial charge in [-0.05, 0) is 70.7 Å². The normalized spacial score (nSPS) is 23.3. The number of carbonyl (C=O) groups excluding carboxylic acids is 2. The van der Waals surface area contributed by atoms with Crippen molar-refractivity contribution in [1.29, 1.82) is 0 Å². The molecule has 1 N–H and O–H groups in total. The zero-order chi connectivity index (χ0) is 20.4. The number of ether oxygens (including phenoxy) is 1. The van der Waals surface area contributed by atoms with Crippen molar-refractivity contribution in [2.75, 3.05) is 26.7 Å². The van der Waals surface area contributed by atoms with Crippen molar-refractivity contribution in [1.82, 2.24) is 15.1 Å². The molecule has 2 heterocycles. The molecule has 0 saturated carbocycles. The predicted octanol–water partition coefficient (Wildman–Crippen LogP) is 2.57. The van der Waals surface area contributed by atoms with Gasteiger partial charge in [0.15, 0.2) is 6.61 Å². The molecule has 1 unspecified atom stereocenters. The molecule has 3 rings (SSSR count). The molecule has 2 aliphatic rings. The molecule has 6 nitrogen and oxygen atoms in total. The summed E-state index contributed by atoms with van der Waals surface area (Å²) in [6.45, 7) is 8.43. The highest BCUT2D eigenvalue weighted by Crippen LogP contribution is 2.38. The Hall–Kier alpha value is -2.08. The summed E-state index contributed by atoms with van der Waals surface area (Å²) in [6, 6.07) is 7.86. The molecular weight excluding hydrogens is 354 g/mol. The van der Waals surface area contributed by atoms with Gasteiger partial charge in [0.25, 0.3) is 5.91 Å². The quantitative estimate of drug-likeness (QED) is 0.844. The highest BCUT2D eigenvalue weighted by atomic mass is 16.5. The van der Waals surface area contributed by atoms with E-state index in [2.05, 4.69) is 10.2 Å². The number of hydrogen-bond acceptors (Lipinski definition) is 4. The number of likely N-dealkylation sites (tertiary alicyclic amines) is 2. The second-order valence-electron chi connectivity index (χ2n) is 9.12. The van der Waals surface area contributed by atoms with Gasteiger partial charge in [-0.15, -0.1) is 0 Å². The van der Waals surface area contributed by atoms with Gasteiger partial charge < -0.3 is 15.0 Å². The van der Waals surface area contributed by atoms with Crippen LogP contribution in [0.25, 0.3) is 0 Å². The maximum atomic E-state index is 12.9. The molecule has 28 heavy (non-hydrogen) atoms.